The predicted octanol–water partition coefficient (Wildman–Crippen LogP) is 1.75. The molecule has 5 heteroatoms. The summed E-state index contributed by atoms with van der Waals surface area (Å²) in [6, 6.07) is 5.18. The summed E-state index contributed by atoms with van der Waals surface area (Å²) in [5.74, 6) is -0.418. The number of hydrogen-bond acceptors (Lipinski definition) is 4. The van der Waals surface area contributed by atoms with E-state index in [-0.39, 0.29) is 12.6 Å². The highest BCUT2D eigenvalue weighted by Crippen LogP contribution is 2.34. The fraction of sp³-hybridized carbons (Fsp3) is 0.500. The minimum Gasteiger partial charge on any atom is -0.493 e. The molecule has 0 amide bonds. The van der Waals surface area contributed by atoms with Crippen LogP contribution >= 0.6 is 0 Å². The zero-order valence-electron chi connectivity index (χ0n) is 11.0. The van der Waals surface area contributed by atoms with E-state index in [2.05, 4.69) is 0 Å². The summed E-state index contributed by atoms with van der Waals surface area (Å²) < 4.78 is 11.1. The van der Waals surface area contributed by atoms with Crippen molar-refractivity contribution >= 4 is 5.97 Å². The second-order valence-electron chi connectivity index (χ2n) is 4.71. The number of carboxylic acids is 1. The molecule has 0 bridgehead atoms. The third-order valence-corrected chi connectivity index (χ3v) is 3.47. The third kappa shape index (κ3) is 2.98. The van der Waals surface area contributed by atoms with Gasteiger partial charge in [-0.2, -0.15) is 0 Å². The standard InChI is InChI=1S/C14H19NO4/c1-18-12-6-5-9(11(8-15)14(16)17)7-13(12)19-10-3-2-4-10/h5-7,10-11H,2-4,8,15H2,1H3,(H,16,17). The molecule has 3 N–H and O–H groups in total. The Hall–Kier alpha value is -1.75. The van der Waals surface area contributed by atoms with E-state index in [1.165, 1.54) is 6.42 Å². The van der Waals surface area contributed by atoms with Crippen LogP contribution in [-0.2, 0) is 4.79 Å². The monoisotopic (exact) mass is 265 g/mol. The molecule has 1 saturated carbocycles. The van der Waals surface area contributed by atoms with E-state index in [4.69, 9.17) is 20.3 Å². The first-order valence-corrected chi connectivity index (χ1v) is 6.43. The molecule has 1 atom stereocenters. The van der Waals surface area contributed by atoms with E-state index in [1.807, 2.05) is 0 Å². The van der Waals surface area contributed by atoms with Crippen molar-refractivity contribution in [2.45, 2.75) is 31.3 Å². The maximum atomic E-state index is 11.1. The maximum Gasteiger partial charge on any atom is 0.312 e. The van der Waals surface area contributed by atoms with Crippen molar-refractivity contribution < 1.29 is 19.4 Å². The van der Waals surface area contributed by atoms with E-state index in [0.717, 1.165) is 12.8 Å². The number of rotatable bonds is 6. The molecule has 2 rings (SSSR count). The molecule has 1 aromatic rings. The molecule has 104 valence electrons. The van der Waals surface area contributed by atoms with Gasteiger partial charge in [0.15, 0.2) is 11.5 Å². The van der Waals surface area contributed by atoms with Gasteiger partial charge in [-0.05, 0) is 37.0 Å². The van der Waals surface area contributed by atoms with Crippen molar-refractivity contribution in [1.82, 2.24) is 0 Å². The number of carbonyl (C=O) groups is 1. The van der Waals surface area contributed by atoms with Gasteiger partial charge in [-0.15, -0.1) is 0 Å². The van der Waals surface area contributed by atoms with E-state index in [1.54, 1.807) is 25.3 Å². The molecule has 1 aromatic carbocycles. The average Bonchev–Trinajstić information content (AvgIpc) is 2.34. The fourth-order valence-electron chi connectivity index (χ4n) is 2.05. The van der Waals surface area contributed by atoms with Crippen LogP contribution in [0.15, 0.2) is 18.2 Å². The molecule has 19 heavy (non-hydrogen) atoms. The van der Waals surface area contributed by atoms with Crippen LogP contribution in [0.4, 0.5) is 0 Å². The van der Waals surface area contributed by atoms with Crippen LogP contribution in [0.1, 0.15) is 30.7 Å². The lowest BCUT2D eigenvalue weighted by atomic mass is 9.95. The summed E-state index contributed by atoms with van der Waals surface area (Å²) in [6.07, 6.45) is 3.46. The van der Waals surface area contributed by atoms with Crippen LogP contribution in [0.5, 0.6) is 11.5 Å². The van der Waals surface area contributed by atoms with Gasteiger partial charge in [0.2, 0.25) is 0 Å². The molecular formula is C14H19NO4. The van der Waals surface area contributed by atoms with Gasteiger partial charge in [-0.25, -0.2) is 0 Å². The van der Waals surface area contributed by atoms with Crippen molar-refractivity contribution in [3.63, 3.8) is 0 Å². The number of aliphatic carboxylic acids is 1. The number of benzene rings is 1. The molecule has 0 saturated heterocycles. The fourth-order valence-corrected chi connectivity index (χ4v) is 2.05. The highest BCUT2D eigenvalue weighted by molar-refractivity contribution is 5.76. The maximum absolute atomic E-state index is 11.1. The normalized spacial score (nSPS) is 16.5. The highest BCUT2D eigenvalue weighted by Gasteiger charge is 2.23. The summed E-state index contributed by atoms with van der Waals surface area (Å²) in [4.78, 5) is 11.1. The van der Waals surface area contributed by atoms with Gasteiger partial charge in [-0.1, -0.05) is 6.07 Å². The Bertz CT molecular complexity index is 457. The van der Waals surface area contributed by atoms with Crippen LogP contribution in [0.3, 0.4) is 0 Å². The highest BCUT2D eigenvalue weighted by atomic mass is 16.5. The van der Waals surface area contributed by atoms with Crippen molar-refractivity contribution in [2.24, 2.45) is 5.73 Å². The summed E-state index contributed by atoms with van der Waals surface area (Å²) >= 11 is 0. The van der Waals surface area contributed by atoms with Gasteiger partial charge in [0.25, 0.3) is 0 Å². The number of nitrogens with two attached hydrogens (primary N) is 1. The predicted molar refractivity (Wildman–Crippen MR) is 70.7 cm³/mol. The van der Waals surface area contributed by atoms with E-state index < -0.39 is 11.9 Å². The van der Waals surface area contributed by atoms with Gasteiger partial charge in [0, 0.05) is 6.54 Å². The molecule has 0 aromatic heterocycles. The molecule has 0 heterocycles. The summed E-state index contributed by atoms with van der Waals surface area (Å²) in [5, 5.41) is 9.13. The SMILES string of the molecule is COc1ccc(C(CN)C(=O)O)cc1OC1CCC1. The minimum atomic E-state index is -0.928. The van der Waals surface area contributed by atoms with Gasteiger partial charge in [0.05, 0.1) is 19.1 Å². The smallest absolute Gasteiger partial charge is 0.312 e. The van der Waals surface area contributed by atoms with E-state index >= 15 is 0 Å². The Balaban J connectivity index is 2.25. The lowest BCUT2D eigenvalue weighted by Crippen LogP contribution is -2.25. The molecule has 1 unspecified atom stereocenters. The zero-order chi connectivity index (χ0) is 13.8. The van der Waals surface area contributed by atoms with Crippen LogP contribution in [0.2, 0.25) is 0 Å². The first-order valence-electron chi connectivity index (χ1n) is 6.43. The Morgan fingerprint density at radius 3 is 2.68 bits per heavy atom. The molecule has 0 spiro atoms. The quantitative estimate of drug-likeness (QED) is 0.819. The zero-order valence-corrected chi connectivity index (χ0v) is 11.0. The Morgan fingerprint density at radius 2 is 2.21 bits per heavy atom. The Morgan fingerprint density at radius 1 is 1.47 bits per heavy atom. The largest absolute Gasteiger partial charge is 0.493 e. The summed E-state index contributed by atoms with van der Waals surface area (Å²) in [5.41, 5.74) is 6.16. The van der Waals surface area contributed by atoms with Crippen molar-refractivity contribution in [3.8, 4) is 11.5 Å². The molecule has 1 fully saturated rings. The van der Waals surface area contributed by atoms with Gasteiger partial charge >= 0.3 is 5.97 Å². The average molecular weight is 265 g/mol. The van der Waals surface area contributed by atoms with Gasteiger partial charge in [-0.3, -0.25) is 4.79 Å². The van der Waals surface area contributed by atoms with Crippen LogP contribution in [-0.4, -0.2) is 30.8 Å². The van der Waals surface area contributed by atoms with Crippen molar-refractivity contribution in [1.29, 1.82) is 0 Å². The number of carboxylic acid groups (broad SMARTS) is 1. The van der Waals surface area contributed by atoms with Crippen molar-refractivity contribution in [2.75, 3.05) is 13.7 Å². The second kappa shape index (κ2) is 5.93. The van der Waals surface area contributed by atoms with Crippen LogP contribution in [0.25, 0.3) is 0 Å². The van der Waals surface area contributed by atoms with E-state index in [9.17, 15) is 4.79 Å². The summed E-state index contributed by atoms with van der Waals surface area (Å²) in [7, 11) is 1.57. The molecule has 1 aliphatic carbocycles. The Labute approximate surface area is 112 Å². The first kappa shape index (κ1) is 13.7. The van der Waals surface area contributed by atoms with Crippen LogP contribution in [0, 0.1) is 0 Å². The molecule has 1 aliphatic rings. The minimum absolute atomic E-state index is 0.0601. The number of hydrogen-bond donors (Lipinski definition) is 2. The van der Waals surface area contributed by atoms with Crippen LogP contribution < -0.4 is 15.2 Å². The molecule has 5 nitrogen and oxygen atoms in total. The van der Waals surface area contributed by atoms with Crippen molar-refractivity contribution in [3.05, 3.63) is 23.8 Å². The molecule has 0 radical (unpaired) electrons. The molecular weight excluding hydrogens is 246 g/mol. The summed E-state index contributed by atoms with van der Waals surface area (Å²) in [6.45, 7) is 0.0601. The first-order chi connectivity index (χ1) is 9.15. The van der Waals surface area contributed by atoms with Gasteiger partial charge in [0.1, 0.15) is 0 Å². The number of methoxy groups -OCH3 is 1. The third-order valence-electron chi connectivity index (χ3n) is 3.47. The Kier molecular flexibility index (Phi) is 4.27. The van der Waals surface area contributed by atoms with E-state index in [0.29, 0.717) is 17.1 Å². The topological polar surface area (TPSA) is 81.8 Å². The lowest BCUT2D eigenvalue weighted by Gasteiger charge is -2.27. The number of ether oxygens (including phenoxy) is 2. The second-order valence-corrected chi connectivity index (χ2v) is 4.71. The lowest BCUT2D eigenvalue weighted by molar-refractivity contribution is -0.138. The van der Waals surface area contributed by atoms with Gasteiger partial charge < -0.3 is 20.3 Å². The molecule has 0 aliphatic heterocycles.